The maximum Gasteiger partial charge on any atom is 0.239 e. The van der Waals surface area contributed by atoms with Crippen LogP contribution in [0.2, 0.25) is 0 Å². The minimum Gasteiger partial charge on any atom is -0.506 e. The number of hydrogen-bond donors (Lipinski definition) is 2. The average Bonchev–Trinajstić information content (AvgIpc) is 2.98. The summed E-state index contributed by atoms with van der Waals surface area (Å²) in [6.45, 7) is 5.25. The lowest BCUT2D eigenvalue weighted by Crippen LogP contribution is -2.50. The molecule has 2 N–H and O–H groups in total. The molecule has 2 saturated heterocycles. The number of carbonyl (C=O) groups excluding carboxylic acids is 2. The molecule has 0 bridgehead atoms. The Balaban J connectivity index is 1.49. The zero-order valence-corrected chi connectivity index (χ0v) is 16.2. The quantitative estimate of drug-likeness (QED) is 0.796. The van der Waals surface area contributed by atoms with Gasteiger partial charge in [-0.1, -0.05) is 25.0 Å². The van der Waals surface area contributed by atoms with Gasteiger partial charge in [-0.2, -0.15) is 0 Å². The fraction of sp³-hybridized carbons (Fsp3) is 0.619. The van der Waals surface area contributed by atoms with Crippen LogP contribution in [0.3, 0.4) is 0 Å². The summed E-state index contributed by atoms with van der Waals surface area (Å²) in [4.78, 5) is 29.5. The highest BCUT2D eigenvalue weighted by molar-refractivity contribution is 5.94. The van der Waals surface area contributed by atoms with Gasteiger partial charge >= 0.3 is 0 Å². The first-order valence-electron chi connectivity index (χ1n) is 10.2. The van der Waals surface area contributed by atoms with Gasteiger partial charge < -0.3 is 15.3 Å². The van der Waals surface area contributed by atoms with Crippen LogP contribution in [0.25, 0.3) is 0 Å². The summed E-state index contributed by atoms with van der Waals surface area (Å²) in [5.74, 6) is 0.179. The van der Waals surface area contributed by atoms with Crippen molar-refractivity contribution in [3.05, 3.63) is 24.3 Å². The topological polar surface area (TPSA) is 72.9 Å². The summed E-state index contributed by atoms with van der Waals surface area (Å²) in [7, 11) is 0. The SMILES string of the molecule is CC(C(=O)N1CCCCCC1)N1CCC(C(=O)Nc2ccccc2O)CC1. The number of phenols is 1. The molecule has 0 aliphatic carbocycles. The molecule has 2 fully saturated rings. The van der Waals surface area contributed by atoms with Gasteiger partial charge in [0, 0.05) is 19.0 Å². The average molecular weight is 373 g/mol. The highest BCUT2D eigenvalue weighted by Gasteiger charge is 2.32. The van der Waals surface area contributed by atoms with Crippen LogP contribution in [0, 0.1) is 5.92 Å². The molecule has 3 rings (SSSR count). The van der Waals surface area contributed by atoms with Gasteiger partial charge in [-0.15, -0.1) is 0 Å². The van der Waals surface area contributed by atoms with Crippen molar-refractivity contribution in [1.29, 1.82) is 0 Å². The number of anilines is 1. The minimum atomic E-state index is -0.120. The van der Waals surface area contributed by atoms with E-state index in [0.717, 1.165) is 51.9 Å². The molecular weight excluding hydrogens is 342 g/mol. The number of nitrogens with zero attached hydrogens (tertiary/aromatic N) is 2. The molecule has 2 aliphatic heterocycles. The molecule has 1 aromatic rings. The molecule has 2 aliphatic rings. The zero-order valence-electron chi connectivity index (χ0n) is 16.2. The summed E-state index contributed by atoms with van der Waals surface area (Å²) in [6, 6.07) is 6.66. The normalized spacial score (nSPS) is 20.7. The van der Waals surface area contributed by atoms with Gasteiger partial charge in [0.25, 0.3) is 0 Å². The van der Waals surface area contributed by atoms with E-state index < -0.39 is 0 Å². The molecule has 6 nitrogen and oxygen atoms in total. The first-order valence-corrected chi connectivity index (χ1v) is 10.2. The Hall–Kier alpha value is -2.08. The Morgan fingerprint density at radius 3 is 2.30 bits per heavy atom. The Morgan fingerprint density at radius 2 is 1.67 bits per heavy atom. The molecular formula is C21H31N3O3. The molecule has 148 valence electrons. The van der Waals surface area contributed by atoms with E-state index in [-0.39, 0.29) is 29.5 Å². The molecule has 0 spiro atoms. The fourth-order valence-electron chi connectivity index (χ4n) is 4.07. The van der Waals surface area contributed by atoms with Gasteiger partial charge in [0.2, 0.25) is 11.8 Å². The fourth-order valence-corrected chi connectivity index (χ4v) is 4.07. The van der Waals surface area contributed by atoms with Crippen LogP contribution in [-0.2, 0) is 9.59 Å². The monoisotopic (exact) mass is 373 g/mol. The van der Waals surface area contributed by atoms with Crippen molar-refractivity contribution in [2.24, 2.45) is 5.92 Å². The zero-order chi connectivity index (χ0) is 19.2. The Labute approximate surface area is 161 Å². The van der Waals surface area contributed by atoms with Crippen molar-refractivity contribution in [3.63, 3.8) is 0 Å². The lowest BCUT2D eigenvalue weighted by molar-refractivity contribution is -0.137. The maximum absolute atomic E-state index is 12.8. The predicted octanol–water partition coefficient (Wildman–Crippen LogP) is 2.83. The number of benzene rings is 1. The highest BCUT2D eigenvalue weighted by Crippen LogP contribution is 2.25. The van der Waals surface area contributed by atoms with Gasteiger partial charge in [-0.05, 0) is 57.8 Å². The number of para-hydroxylation sites is 2. The summed E-state index contributed by atoms with van der Waals surface area (Å²) >= 11 is 0. The first kappa shape index (κ1) is 19.7. The summed E-state index contributed by atoms with van der Waals surface area (Å²) in [6.07, 6.45) is 6.11. The highest BCUT2D eigenvalue weighted by atomic mass is 16.3. The second-order valence-corrected chi connectivity index (χ2v) is 7.73. The number of carbonyl (C=O) groups is 2. The number of piperidine rings is 1. The maximum atomic E-state index is 12.8. The number of rotatable bonds is 4. The van der Waals surface area contributed by atoms with Crippen LogP contribution in [0.1, 0.15) is 45.4 Å². The van der Waals surface area contributed by atoms with Crippen molar-refractivity contribution in [2.75, 3.05) is 31.5 Å². The van der Waals surface area contributed by atoms with Crippen molar-refractivity contribution in [2.45, 2.75) is 51.5 Å². The Morgan fingerprint density at radius 1 is 1.04 bits per heavy atom. The number of nitrogens with one attached hydrogen (secondary N) is 1. The predicted molar refractivity (Wildman–Crippen MR) is 106 cm³/mol. The number of hydrogen-bond acceptors (Lipinski definition) is 4. The van der Waals surface area contributed by atoms with Gasteiger partial charge in [0.1, 0.15) is 5.75 Å². The van der Waals surface area contributed by atoms with E-state index in [0.29, 0.717) is 5.69 Å². The number of amides is 2. The van der Waals surface area contributed by atoms with Crippen molar-refractivity contribution >= 4 is 17.5 Å². The van der Waals surface area contributed by atoms with E-state index in [1.54, 1.807) is 24.3 Å². The van der Waals surface area contributed by atoms with Crippen LogP contribution >= 0.6 is 0 Å². The number of likely N-dealkylation sites (tertiary alicyclic amines) is 2. The third kappa shape index (κ3) is 5.01. The second-order valence-electron chi connectivity index (χ2n) is 7.73. The van der Waals surface area contributed by atoms with Crippen LogP contribution < -0.4 is 5.32 Å². The van der Waals surface area contributed by atoms with E-state index >= 15 is 0 Å². The lowest BCUT2D eigenvalue weighted by Gasteiger charge is -2.36. The molecule has 2 heterocycles. The Bertz CT molecular complexity index is 648. The van der Waals surface area contributed by atoms with Crippen molar-refractivity contribution < 1.29 is 14.7 Å². The standard InChI is InChI=1S/C21H31N3O3/c1-16(21(27)24-12-6-2-3-7-13-24)23-14-10-17(11-15-23)20(26)22-18-8-4-5-9-19(18)25/h4-5,8-9,16-17,25H,2-3,6-7,10-15H2,1H3,(H,22,26). The number of aromatic hydroxyl groups is 1. The molecule has 6 heteroatoms. The smallest absolute Gasteiger partial charge is 0.239 e. The molecule has 1 atom stereocenters. The third-order valence-electron chi connectivity index (χ3n) is 5.89. The van der Waals surface area contributed by atoms with Gasteiger partial charge in [0.15, 0.2) is 0 Å². The van der Waals surface area contributed by atoms with Crippen LogP contribution in [0.15, 0.2) is 24.3 Å². The third-order valence-corrected chi connectivity index (χ3v) is 5.89. The lowest BCUT2D eigenvalue weighted by atomic mass is 9.94. The Kier molecular flexibility index (Phi) is 6.72. The van der Waals surface area contributed by atoms with Crippen molar-refractivity contribution in [1.82, 2.24) is 9.80 Å². The van der Waals surface area contributed by atoms with E-state index in [9.17, 15) is 14.7 Å². The largest absolute Gasteiger partial charge is 0.506 e. The van der Waals surface area contributed by atoms with Gasteiger partial charge in [-0.25, -0.2) is 0 Å². The number of phenolic OH excluding ortho intramolecular Hbond substituents is 1. The minimum absolute atomic E-state index is 0.0531. The van der Waals surface area contributed by atoms with Gasteiger partial charge in [-0.3, -0.25) is 14.5 Å². The van der Waals surface area contributed by atoms with Crippen LogP contribution in [-0.4, -0.2) is 58.9 Å². The summed E-state index contributed by atoms with van der Waals surface area (Å²) in [5.41, 5.74) is 0.453. The summed E-state index contributed by atoms with van der Waals surface area (Å²) in [5, 5.41) is 12.6. The van der Waals surface area contributed by atoms with E-state index in [2.05, 4.69) is 10.2 Å². The van der Waals surface area contributed by atoms with E-state index in [4.69, 9.17) is 0 Å². The van der Waals surface area contributed by atoms with E-state index in [1.807, 2.05) is 11.8 Å². The van der Waals surface area contributed by atoms with Crippen molar-refractivity contribution in [3.8, 4) is 5.75 Å². The first-order chi connectivity index (χ1) is 13.1. The molecule has 27 heavy (non-hydrogen) atoms. The molecule has 1 unspecified atom stereocenters. The molecule has 0 saturated carbocycles. The van der Waals surface area contributed by atoms with Crippen LogP contribution in [0.4, 0.5) is 5.69 Å². The van der Waals surface area contributed by atoms with Crippen LogP contribution in [0.5, 0.6) is 5.75 Å². The second kappa shape index (κ2) is 9.22. The molecule has 0 aromatic heterocycles. The molecule has 1 aromatic carbocycles. The van der Waals surface area contributed by atoms with E-state index in [1.165, 1.54) is 12.8 Å². The molecule has 2 amide bonds. The molecule has 0 radical (unpaired) electrons. The van der Waals surface area contributed by atoms with Gasteiger partial charge in [0.05, 0.1) is 11.7 Å². The summed E-state index contributed by atoms with van der Waals surface area (Å²) < 4.78 is 0.